The van der Waals surface area contributed by atoms with Gasteiger partial charge in [0.15, 0.2) is 0 Å². The van der Waals surface area contributed by atoms with E-state index < -0.39 is 0 Å². The molecule has 128 valence electrons. The van der Waals surface area contributed by atoms with E-state index in [2.05, 4.69) is 95.3 Å². The highest BCUT2D eigenvalue weighted by molar-refractivity contribution is 7.15. The summed E-state index contributed by atoms with van der Waals surface area (Å²) < 4.78 is 0. The lowest BCUT2D eigenvalue weighted by Gasteiger charge is -2.11. The zero-order valence-electron chi connectivity index (χ0n) is 14.6. The first-order chi connectivity index (χ1) is 12.1. The van der Waals surface area contributed by atoms with E-state index in [1.807, 2.05) is 0 Å². The molecule has 3 aromatic rings. The number of hydrogen-bond acceptors (Lipinski definition) is 0. The van der Waals surface area contributed by atoms with Crippen LogP contribution in [0.3, 0.4) is 0 Å². The van der Waals surface area contributed by atoms with Crippen LogP contribution in [0.15, 0.2) is 60.7 Å². The molecule has 0 radical (unpaired) electrons. The molecular formula is C22H25P3. The minimum absolute atomic E-state index is 0.987. The molecule has 0 heterocycles. The van der Waals surface area contributed by atoms with Gasteiger partial charge >= 0.3 is 0 Å². The van der Waals surface area contributed by atoms with Crippen LogP contribution in [-0.4, -0.2) is 0 Å². The number of benzene rings is 3. The van der Waals surface area contributed by atoms with Gasteiger partial charge in [0.1, 0.15) is 0 Å². The van der Waals surface area contributed by atoms with E-state index in [0.29, 0.717) is 0 Å². The lowest BCUT2D eigenvalue weighted by molar-refractivity contribution is 1.31. The van der Waals surface area contributed by atoms with Crippen LogP contribution in [0.4, 0.5) is 0 Å². The van der Waals surface area contributed by atoms with Crippen molar-refractivity contribution < 1.29 is 0 Å². The van der Waals surface area contributed by atoms with E-state index in [4.69, 9.17) is 0 Å². The monoisotopic (exact) mass is 382 g/mol. The Morgan fingerprint density at radius 3 is 1.76 bits per heavy atom. The van der Waals surface area contributed by atoms with Gasteiger partial charge in [-0.15, -0.1) is 27.7 Å². The van der Waals surface area contributed by atoms with Crippen LogP contribution in [0.2, 0.25) is 0 Å². The van der Waals surface area contributed by atoms with Crippen LogP contribution >= 0.6 is 27.7 Å². The van der Waals surface area contributed by atoms with Crippen LogP contribution in [0, 0.1) is 6.92 Å². The van der Waals surface area contributed by atoms with E-state index in [1.165, 1.54) is 44.5 Å². The summed E-state index contributed by atoms with van der Waals surface area (Å²) in [5.74, 6) is 0. The fraction of sp³-hybridized carbons (Fsp3) is 0.182. The Bertz CT molecular complexity index is 862. The lowest BCUT2D eigenvalue weighted by Crippen LogP contribution is -1.89. The first-order valence-corrected chi connectivity index (χ1v) is 11.0. The molecule has 25 heavy (non-hydrogen) atoms. The molecule has 3 unspecified atom stereocenters. The quantitative estimate of drug-likeness (QED) is 0.445. The summed E-state index contributed by atoms with van der Waals surface area (Å²) in [7, 11) is 8.47. The van der Waals surface area contributed by atoms with Crippen molar-refractivity contribution in [2.45, 2.75) is 25.4 Å². The molecule has 0 saturated carbocycles. The van der Waals surface area contributed by atoms with Gasteiger partial charge in [0, 0.05) is 0 Å². The summed E-state index contributed by atoms with van der Waals surface area (Å²) in [6.07, 6.45) is 2.98. The molecule has 0 N–H and O–H groups in total. The van der Waals surface area contributed by atoms with Crippen LogP contribution in [0.5, 0.6) is 0 Å². The Hall–Kier alpha value is -1.05. The third kappa shape index (κ3) is 4.38. The fourth-order valence-electron chi connectivity index (χ4n) is 3.15. The molecule has 0 saturated heterocycles. The van der Waals surface area contributed by atoms with Crippen molar-refractivity contribution >= 4 is 27.7 Å². The second-order valence-corrected chi connectivity index (χ2v) is 7.60. The van der Waals surface area contributed by atoms with Gasteiger partial charge < -0.3 is 0 Å². The van der Waals surface area contributed by atoms with Crippen molar-refractivity contribution in [3.8, 4) is 22.3 Å². The SMILES string of the molecule is Cc1cc(-c2cccc(-c3cc(CP)cc(CP)c3)c2)ccc1CP. The lowest BCUT2D eigenvalue weighted by atomic mass is 9.95. The number of aryl methyl sites for hydroxylation is 1. The predicted octanol–water partition coefficient (Wildman–Crippen LogP) is 6.45. The molecular weight excluding hydrogens is 357 g/mol. The summed E-state index contributed by atoms with van der Waals surface area (Å²) in [5, 5.41) is 0. The zero-order valence-corrected chi connectivity index (χ0v) is 18.1. The van der Waals surface area contributed by atoms with Gasteiger partial charge in [-0.05, 0) is 76.0 Å². The van der Waals surface area contributed by atoms with Crippen molar-refractivity contribution in [2.75, 3.05) is 0 Å². The van der Waals surface area contributed by atoms with Crippen molar-refractivity contribution in [3.05, 3.63) is 82.9 Å². The van der Waals surface area contributed by atoms with Gasteiger partial charge in [-0.1, -0.05) is 54.6 Å². The third-order valence-electron chi connectivity index (χ3n) is 4.62. The van der Waals surface area contributed by atoms with E-state index in [0.717, 1.165) is 18.5 Å². The fourth-order valence-corrected chi connectivity index (χ4v) is 4.08. The van der Waals surface area contributed by atoms with E-state index >= 15 is 0 Å². The summed E-state index contributed by atoms with van der Waals surface area (Å²) in [5.41, 5.74) is 10.6. The average Bonchev–Trinajstić information content (AvgIpc) is 2.67. The molecule has 0 spiro atoms. The molecule has 0 aliphatic heterocycles. The van der Waals surface area contributed by atoms with Crippen LogP contribution in [0.1, 0.15) is 22.3 Å². The second-order valence-electron chi connectivity index (χ2n) is 6.37. The van der Waals surface area contributed by atoms with Crippen molar-refractivity contribution in [1.82, 2.24) is 0 Å². The van der Waals surface area contributed by atoms with Gasteiger partial charge in [0.05, 0.1) is 0 Å². The largest absolute Gasteiger partial charge is 0.133 e. The molecule has 0 aliphatic carbocycles. The molecule has 0 fully saturated rings. The molecule has 3 heteroatoms. The normalized spacial score (nSPS) is 10.9. The molecule has 0 aromatic heterocycles. The maximum absolute atomic E-state index is 2.83. The minimum atomic E-state index is 0.987. The topological polar surface area (TPSA) is 0 Å². The molecule has 0 nitrogen and oxygen atoms in total. The summed E-state index contributed by atoms with van der Waals surface area (Å²) in [4.78, 5) is 0. The van der Waals surface area contributed by atoms with Crippen LogP contribution < -0.4 is 0 Å². The summed E-state index contributed by atoms with van der Waals surface area (Å²) >= 11 is 0. The molecule has 3 atom stereocenters. The standard InChI is InChI=1S/C22H25P3/c1-15-7-20(5-6-21(15)14-25)18-3-2-4-19(11-18)22-9-16(12-23)8-17(10-22)13-24/h2-11H,12-14,23-25H2,1H3. The van der Waals surface area contributed by atoms with Crippen LogP contribution in [0.25, 0.3) is 22.3 Å². The predicted molar refractivity (Wildman–Crippen MR) is 122 cm³/mol. The highest BCUT2D eigenvalue weighted by Crippen LogP contribution is 2.30. The third-order valence-corrected chi connectivity index (χ3v) is 6.00. The van der Waals surface area contributed by atoms with Crippen molar-refractivity contribution in [2.24, 2.45) is 0 Å². The Labute approximate surface area is 158 Å². The molecule has 3 aromatic carbocycles. The highest BCUT2D eigenvalue weighted by atomic mass is 31.0. The zero-order chi connectivity index (χ0) is 17.8. The van der Waals surface area contributed by atoms with Crippen LogP contribution in [-0.2, 0) is 18.5 Å². The Morgan fingerprint density at radius 1 is 0.600 bits per heavy atom. The highest BCUT2D eigenvalue weighted by Gasteiger charge is 2.06. The van der Waals surface area contributed by atoms with Crippen molar-refractivity contribution in [1.29, 1.82) is 0 Å². The number of hydrogen-bond donors (Lipinski definition) is 0. The Balaban J connectivity index is 2.04. The maximum Gasteiger partial charge on any atom is -0.0126 e. The maximum atomic E-state index is 2.83. The van der Waals surface area contributed by atoms with Gasteiger partial charge in [0.25, 0.3) is 0 Å². The first-order valence-electron chi connectivity index (χ1n) is 8.58. The minimum Gasteiger partial charge on any atom is -0.133 e. The van der Waals surface area contributed by atoms with Gasteiger partial charge in [0.2, 0.25) is 0 Å². The average molecular weight is 382 g/mol. The second kappa shape index (κ2) is 8.56. The molecule has 3 rings (SSSR count). The van der Waals surface area contributed by atoms with E-state index in [1.54, 1.807) is 0 Å². The van der Waals surface area contributed by atoms with Gasteiger partial charge in [-0.25, -0.2) is 0 Å². The molecule has 0 bridgehead atoms. The van der Waals surface area contributed by atoms with Crippen molar-refractivity contribution in [3.63, 3.8) is 0 Å². The smallest absolute Gasteiger partial charge is 0.0126 e. The Morgan fingerprint density at radius 2 is 1.20 bits per heavy atom. The van der Waals surface area contributed by atoms with E-state index in [9.17, 15) is 0 Å². The van der Waals surface area contributed by atoms with Gasteiger partial charge in [-0.3, -0.25) is 0 Å². The van der Waals surface area contributed by atoms with Gasteiger partial charge in [-0.2, -0.15) is 0 Å². The number of rotatable bonds is 5. The summed E-state index contributed by atoms with van der Waals surface area (Å²) in [6.45, 7) is 2.19. The summed E-state index contributed by atoms with van der Waals surface area (Å²) in [6, 6.07) is 22.6. The molecule has 0 aliphatic rings. The molecule has 0 amide bonds. The van der Waals surface area contributed by atoms with E-state index in [-0.39, 0.29) is 0 Å². The first kappa shape index (κ1) is 18.7. The Kier molecular flexibility index (Phi) is 6.41.